The number of hydrogen-bond donors (Lipinski definition) is 1. The minimum absolute atomic E-state index is 0.0375. The highest BCUT2D eigenvalue weighted by Gasteiger charge is 2.41. The Bertz CT molecular complexity index is 415. The standard InChI is InChI=1S/C12H22N2O3S/c1-9-12(15)14(7-8-18(2,16)17)11(13-9)10-5-3-4-6-10/h9-11,13H,3-8H2,1-2H3. The first-order valence-electron chi connectivity index (χ1n) is 6.63. The first-order chi connectivity index (χ1) is 8.38. The van der Waals surface area contributed by atoms with E-state index in [0.29, 0.717) is 12.5 Å². The van der Waals surface area contributed by atoms with Crippen LogP contribution in [-0.4, -0.2) is 50.0 Å². The Morgan fingerprint density at radius 2 is 1.94 bits per heavy atom. The van der Waals surface area contributed by atoms with E-state index < -0.39 is 9.84 Å². The van der Waals surface area contributed by atoms with Gasteiger partial charge in [-0.15, -0.1) is 0 Å². The summed E-state index contributed by atoms with van der Waals surface area (Å²) < 4.78 is 22.5. The highest BCUT2D eigenvalue weighted by atomic mass is 32.2. The first kappa shape index (κ1) is 13.8. The van der Waals surface area contributed by atoms with Crippen molar-refractivity contribution in [1.82, 2.24) is 10.2 Å². The third-order valence-corrected chi connectivity index (χ3v) is 4.88. The van der Waals surface area contributed by atoms with Crippen molar-refractivity contribution in [3.63, 3.8) is 0 Å². The van der Waals surface area contributed by atoms with E-state index in [9.17, 15) is 13.2 Å². The van der Waals surface area contributed by atoms with E-state index in [0.717, 1.165) is 12.8 Å². The topological polar surface area (TPSA) is 66.5 Å². The van der Waals surface area contributed by atoms with Crippen molar-refractivity contribution in [2.75, 3.05) is 18.6 Å². The third kappa shape index (κ3) is 3.03. The second-order valence-corrected chi connectivity index (χ2v) is 7.80. The Morgan fingerprint density at radius 3 is 2.50 bits per heavy atom. The van der Waals surface area contributed by atoms with Crippen LogP contribution in [0.1, 0.15) is 32.6 Å². The Kier molecular flexibility index (Phi) is 3.96. The lowest BCUT2D eigenvalue weighted by Gasteiger charge is -2.28. The second-order valence-electron chi connectivity index (χ2n) is 5.54. The van der Waals surface area contributed by atoms with Crippen molar-refractivity contribution in [2.24, 2.45) is 5.92 Å². The molecule has 0 aromatic carbocycles. The van der Waals surface area contributed by atoms with Crippen LogP contribution < -0.4 is 5.32 Å². The second kappa shape index (κ2) is 5.17. The van der Waals surface area contributed by atoms with E-state index in [-0.39, 0.29) is 23.9 Å². The van der Waals surface area contributed by atoms with E-state index in [1.807, 2.05) is 6.92 Å². The molecule has 0 radical (unpaired) electrons. The molecule has 2 rings (SSSR count). The molecule has 0 spiro atoms. The summed E-state index contributed by atoms with van der Waals surface area (Å²) in [7, 11) is -3.02. The highest BCUT2D eigenvalue weighted by Crippen LogP contribution is 2.31. The van der Waals surface area contributed by atoms with Crippen molar-refractivity contribution in [3.8, 4) is 0 Å². The van der Waals surface area contributed by atoms with Crippen LogP contribution in [0.3, 0.4) is 0 Å². The zero-order valence-corrected chi connectivity index (χ0v) is 11.9. The number of hydrogen-bond acceptors (Lipinski definition) is 4. The van der Waals surface area contributed by atoms with Crippen LogP contribution in [0, 0.1) is 5.92 Å². The van der Waals surface area contributed by atoms with Gasteiger partial charge in [0.05, 0.1) is 18.0 Å². The van der Waals surface area contributed by atoms with Gasteiger partial charge >= 0.3 is 0 Å². The molecule has 1 saturated carbocycles. The van der Waals surface area contributed by atoms with Crippen molar-refractivity contribution in [1.29, 1.82) is 0 Å². The minimum Gasteiger partial charge on any atom is -0.325 e. The summed E-state index contributed by atoms with van der Waals surface area (Å²) >= 11 is 0. The van der Waals surface area contributed by atoms with Gasteiger partial charge in [0.2, 0.25) is 5.91 Å². The van der Waals surface area contributed by atoms with E-state index in [2.05, 4.69) is 5.32 Å². The monoisotopic (exact) mass is 274 g/mol. The molecule has 6 heteroatoms. The van der Waals surface area contributed by atoms with Gasteiger partial charge in [-0.3, -0.25) is 10.1 Å². The lowest BCUT2D eigenvalue weighted by Crippen LogP contribution is -2.44. The molecule has 1 amide bonds. The molecule has 5 nitrogen and oxygen atoms in total. The van der Waals surface area contributed by atoms with Crippen LogP contribution in [-0.2, 0) is 14.6 Å². The van der Waals surface area contributed by atoms with Gasteiger partial charge in [-0.25, -0.2) is 8.42 Å². The van der Waals surface area contributed by atoms with E-state index in [1.54, 1.807) is 4.90 Å². The molecular formula is C12H22N2O3S. The number of nitrogens with one attached hydrogen (secondary N) is 1. The molecule has 2 aliphatic rings. The van der Waals surface area contributed by atoms with E-state index in [1.165, 1.54) is 19.1 Å². The fourth-order valence-electron chi connectivity index (χ4n) is 2.98. The van der Waals surface area contributed by atoms with Crippen molar-refractivity contribution >= 4 is 15.7 Å². The van der Waals surface area contributed by atoms with Gasteiger partial charge in [-0.1, -0.05) is 12.8 Å². The van der Waals surface area contributed by atoms with Gasteiger partial charge in [-0.05, 0) is 25.7 Å². The Morgan fingerprint density at radius 1 is 1.33 bits per heavy atom. The Balaban J connectivity index is 2.05. The number of carbonyl (C=O) groups is 1. The fraction of sp³-hybridized carbons (Fsp3) is 0.917. The summed E-state index contributed by atoms with van der Waals surface area (Å²) in [6, 6.07) is -0.185. The average molecular weight is 274 g/mol. The van der Waals surface area contributed by atoms with Gasteiger partial charge in [-0.2, -0.15) is 0 Å². The molecule has 0 bridgehead atoms. The number of rotatable bonds is 4. The Hall–Kier alpha value is -0.620. The van der Waals surface area contributed by atoms with Crippen LogP contribution >= 0.6 is 0 Å². The summed E-state index contributed by atoms with van der Waals surface area (Å²) in [5.74, 6) is 0.574. The van der Waals surface area contributed by atoms with Crippen LogP contribution in [0.4, 0.5) is 0 Å². The molecule has 1 heterocycles. The predicted octanol–water partition coefficient (Wildman–Crippen LogP) is 0.368. The van der Waals surface area contributed by atoms with E-state index in [4.69, 9.17) is 0 Å². The number of sulfone groups is 1. The van der Waals surface area contributed by atoms with Gasteiger partial charge in [0.25, 0.3) is 0 Å². The highest BCUT2D eigenvalue weighted by molar-refractivity contribution is 7.90. The molecule has 1 N–H and O–H groups in total. The summed E-state index contributed by atoms with van der Waals surface area (Å²) in [5, 5.41) is 3.31. The van der Waals surface area contributed by atoms with E-state index >= 15 is 0 Å². The zero-order chi connectivity index (χ0) is 13.3. The third-order valence-electron chi connectivity index (χ3n) is 3.96. The maximum atomic E-state index is 12.1. The molecule has 1 saturated heterocycles. The fourth-order valence-corrected chi connectivity index (χ4v) is 3.51. The summed E-state index contributed by atoms with van der Waals surface area (Å²) in [4.78, 5) is 13.8. The maximum Gasteiger partial charge on any atom is 0.240 e. The van der Waals surface area contributed by atoms with Gasteiger partial charge in [0, 0.05) is 12.8 Å². The molecule has 2 atom stereocenters. The normalized spacial score (nSPS) is 30.3. The van der Waals surface area contributed by atoms with Crippen LogP contribution in [0.15, 0.2) is 0 Å². The van der Waals surface area contributed by atoms with Crippen LogP contribution in [0.2, 0.25) is 0 Å². The first-order valence-corrected chi connectivity index (χ1v) is 8.69. The molecule has 2 unspecified atom stereocenters. The Labute approximate surface area is 109 Å². The smallest absolute Gasteiger partial charge is 0.240 e. The summed E-state index contributed by atoms with van der Waals surface area (Å²) in [5.41, 5.74) is 0. The molecule has 18 heavy (non-hydrogen) atoms. The zero-order valence-electron chi connectivity index (χ0n) is 11.1. The minimum atomic E-state index is -3.02. The SMILES string of the molecule is CC1NC(C2CCCC2)N(CCS(C)(=O)=O)C1=O. The molecular weight excluding hydrogens is 252 g/mol. The average Bonchev–Trinajstić information content (AvgIpc) is 2.85. The molecule has 0 aromatic rings. The predicted molar refractivity (Wildman–Crippen MR) is 69.8 cm³/mol. The number of carbonyl (C=O) groups excluding carboxylic acids is 1. The van der Waals surface area contributed by atoms with Gasteiger partial charge < -0.3 is 4.90 Å². The summed E-state index contributed by atoms with van der Waals surface area (Å²) in [6.45, 7) is 2.17. The maximum absolute atomic E-state index is 12.1. The van der Waals surface area contributed by atoms with Crippen molar-refractivity contribution in [2.45, 2.75) is 44.8 Å². The lowest BCUT2D eigenvalue weighted by atomic mass is 10.0. The van der Waals surface area contributed by atoms with Crippen LogP contribution in [0.25, 0.3) is 0 Å². The largest absolute Gasteiger partial charge is 0.325 e. The molecule has 2 fully saturated rings. The molecule has 0 aromatic heterocycles. The van der Waals surface area contributed by atoms with Crippen molar-refractivity contribution < 1.29 is 13.2 Å². The van der Waals surface area contributed by atoms with Gasteiger partial charge in [0.1, 0.15) is 9.84 Å². The van der Waals surface area contributed by atoms with Gasteiger partial charge in [0.15, 0.2) is 0 Å². The summed E-state index contributed by atoms with van der Waals surface area (Å²) in [6.07, 6.45) is 5.95. The number of amides is 1. The molecule has 1 aliphatic carbocycles. The van der Waals surface area contributed by atoms with Crippen molar-refractivity contribution in [3.05, 3.63) is 0 Å². The quantitative estimate of drug-likeness (QED) is 0.804. The molecule has 104 valence electrons. The number of nitrogens with zero attached hydrogens (tertiary/aromatic N) is 1. The molecule has 1 aliphatic heterocycles. The van der Waals surface area contributed by atoms with Crippen LogP contribution in [0.5, 0.6) is 0 Å². The lowest BCUT2D eigenvalue weighted by molar-refractivity contribution is -0.130.